The SMILES string of the molecule is CN(C)C(=O)CCCC(=O)N1CCNCC1c1cccc(Cl)c1.Cl. The first-order valence-electron chi connectivity index (χ1n) is 7.95. The predicted octanol–water partition coefficient (Wildman–Crippen LogP) is 2.49. The molecule has 24 heavy (non-hydrogen) atoms. The van der Waals surface area contributed by atoms with E-state index in [-0.39, 0.29) is 30.3 Å². The number of piperazine rings is 1. The highest BCUT2D eigenvalue weighted by Gasteiger charge is 2.27. The van der Waals surface area contributed by atoms with Crippen molar-refractivity contribution in [1.29, 1.82) is 0 Å². The number of halogens is 2. The van der Waals surface area contributed by atoms with Gasteiger partial charge in [0.15, 0.2) is 0 Å². The predicted molar refractivity (Wildman–Crippen MR) is 98.6 cm³/mol. The number of carbonyl (C=O) groups is 2. The lowest BCUT2D eigenvalue weighted by atomic mass is 10.0. The summed E-state index contributed by atoms with van der Waals surface area (Å²) in [4.78, 5) is 27.6. The number of hydrogen-bond donors (Lipinski definition) is 1. The highest BCUT2D eigenvalue weighted by molar-refractivity contribution is 6.30. The number of rotatable bonds is 5. The van der Waals surface area contributed by atoms with Gasteiger partial charge in [0.1, 0.15) is 0 Å². The molecule has 1 fully saturated rings. The maximum atomic E-state index is 12.6. The van der Waals surface area contributed by atoms with Gasteiger partial charge in [-0.3, -0.25) is 9.59 Å². The van der Waals surface area contributed by atoms with E-state index in [2.05, 4.69) is 5.32 Å². The Balaban J connectivity index is 0.00000288. The van der Waals surface area contributed by atoms with Crippen molar-refractivity contribution in [2.75, 3.05) is 33.7 Å². The third kappa shape index (κ3) is 5.65. The van der Waals surface area contributed by atoms with E-state index in [9.17, 15) is 9.59 Å². The summed E-state index contributed by atoms with van der Waals surface area (Å²) in [5.41, 5.74) is 1.04. The van der Waals surface area contributed by atoms with Gasteiger partial charge in [0.2, 0.25) is 11.8 Å². The molecule has 0 aliphatic carbocycles. The van der Waals surface area contributed by atoms with Crippen molar-refractivity contribution in [2.24, 2.45) is 0 Å². The molecule has 134 valence electrons. The lowest BCUT2D eigenvalue weighted by molar-refractivity contribution is -0.135. The summed E-state index contributed by atoms with van der Waals surface area (Å²) < 4.78 is 0. The summed E-state index contributed by atoms with van der Waals surface area (Å²) in [7, 11) is 3.46. The molecule has 1 aliphatic rings. The standard InChI is InChI=1S/C17H24ClN3O2.ClH/c1-20(2)16(22)7-4-8-17(23)21-10-9-19-12-15(21)13-5-3-6-14(18)11-13;/h3,5-6,11,15,19H,4,7-10,12H2,1-2H3;1H. The second-order valence-electron chi connectivity index (χ2n) is 6.00. The van der Waals surface area contributed by atoms with Crippen LogP contribution in [0.1, 0.15) is 30.9 Å². The summed E-state index contributed by atoms with van der Waals surface area (Å²) in [6.07, 6.45) is 1.39. The van der Waals surface area contributed by atoms with E-state index < -0.39 is 0 Å². The molecule has 0 aromatic heterocycles. The number of hydrogen-bond acceptors (Lipinski definition) is 3. The van der Waals surface area contributed by atoms with Gasteiger partial charge in [-0.05, 0) is 24.1 Å². The van der Waals surface area contributed by atoms with E-state index in [4.69, 9.17) is 11.6 Å². The van der Waals surface area contributed by atoms with E-state index in [1.165, 1.54) is 0 Å². The van der Waals surface area contributed by atoms with E-state index >= 15 is 0 Å². The molecule has 1 heterocycles. The fraction of sp³-hybridized carbons (Fsp3) is 0.529. The van der Waals surface area contributed by atoms with Crippen LogP contribution in [0.2, 0.25) is 5.02 Å². The first-order valence-corrected chi connectivity index (χ1v) is 8.32. The van der Waals surface area contributed by atoms with Crippen molar-refractivity contribution >= 4 is 35.8 Å². The molecule has 1 aliphatic heterocycles. The smallest absolute Gasteiger partial charge is 0.223 e. The molecule has 1 saturated heterocycles. The van der Waals surface area contributed by atoms with Crippen molar-refractivity contribution in [3.63, 3.8) is 0 Å². The van der Waals surface area contributed by atoms with Crippen molar-refractivity contribution in [3.8, 4) is 0 Å². The highest BCUT2D eigenvalue weighted by Crippen LogP contribution is 2.25. The van der Waals surface area contributed by atoms with Crippen LogP contribution < -0.4 is 5.32 Å². The van der Waals surface area contributed by atoms with Crippen LogP contribution in [0.15, 0.2) is 24.3 Å². The summed E-state index contributed by atoms with van der Waals surface area (Å²) in [5.74, 6) is 0.160. The van der Waals surface area contributed by atoms with Crippen LogP contribution in [-0.4, -0.2) is 55.3 Å². The number of amides is 2. The van der Waals surface area contributed by atoms with E-state index in [0.717, 1.165) is 18.7 Å². The number of nitrogens with zero attached hydrogens (tertiary/aromatic N) is 2. The minimum Gasteiger partial charge on any atom is -0.349 e. The monoisotopic (exact) mass is 373 g/mol. The number of carbonyl (C=O) groups excluding carboxylic acids is 2. The lowest BCUT2D eigenvalue weighted by Gasteiger charge is -2.36. The maximum Gasteiger partial charge on any atom is 0.223 e. The van der Waals surface area contributed by atoms with Crippen LogP contribution >= 0.6 is 24.0 Å². The van der Waals surface area contributed by atoms with Crippen LogP contribution in [-0.2, 0) is 9.59 Å². The maximum absolute atomic E-state index is 12.6. The van der Waals surface area contributed by atoms with Gasteiger partial charge in [0.25, 0.3) is 0 Å². The third-order valence-corrected chi connectivity index (χ3v) is 4.31. The molecule has 1 N–H and O–H groups in total. The lowest BCUT2D eigenvalue weighted by Crippen LogP contribution is -2.48. The van der Waals surface area contributed by atoms with Gasteiger partial charge in [0.05, 0.1) is 6.04 Å². The molecular formula is C17H25Cl2N3O2. The minimum absolute atomic E-state index is 0. The average Bonchev–Trinajstić information content (AvgIpc) is 2.54. The van der Waals surface area contributed by atoms with Gasteiger partial charge in [-0.25, -0.2) is 0 Å². The molecule has 2 rings (SSSR count). The summed E-state index contributed by atoms with van der Waals surface area (Å²) >= 11 is 6.07. The van der Waals surface area contributed by atoms with E-state index in [1.54, 1.807) is 19.0 Å². The summed E-state index contributed by atoms with van der Waals surface area (Å²) in [5, 5.41) is 4.01. The molecule has 7 heteroatoms. The fourth-order valence-corrected chi connectivity index (χ4v) is 2.97. The fourth-order valence-electron chi connectivity index (χ4n) is 2.77. The molecule has 0 saturated carbocycles. The zero-order valence-corrected chi connectivity index (χ0v) is 15.7. The van der Waals surface area contributed by atoms with Gasteiger partial charge in [-0.1, -0.05) is 23.7 Å². The summed E-state index contributed by atoms with van der Waals surface area (Å²) in [6, 6.07) is 7.65. The highest BCUT2D eigenvalue weighted by atomic mass is 35.5. The van der Waals surface area contributed by atoms with E-state index in [1.807, 2.05) is 29.2 Å². The third-order valence-electron chi connectivity index (χ3n) is 4.08. The Hall–Kier alpha value is -1.30. The van der Waals surface area contributed by atoms with E-state index in [0.29, 0.717) is 30.8 Å². The first-order chi connectivity index (χ1) is 11.0. The van der Waals surface area contributed by atoms with Crippen molar-refractivity contribution in [3.05, 3.63) is 34.9 Å². The molecule has 0 radical (unpaired) electrons. The Morgan fingerprint density at radius 3 is 2.75 bits per heavy atom. The second-order valence-corrected chi connectivity index (χ2v) is 6.44. The molecular weight excluding hydrogens is 349 g/mol. The Labute approximate surface area is 154 Å². The summed E-state index contributed by atoms with van der Waals surface area (Å²) in [6.45, 7) is 2.19. The molecule has 0 spiro atoms. The van der Waals surface area contributed by atoms with Crippen LogP contribution in [0.3, 0.4) is 0 Å². The zero-order valence-electron chi connectivity index (χ0n) is 14.1. The van der Waals surface area contributed by atoms with Crippen LogP contribution in [0, 0.1) is 0 Å². The largest absolute Gasteiger partial charge is 0.349 e. The van der Waals surface area contributed by atoms with Crippen molar-refractivity contribution in [1.82, 2.24) is 15.1 Å². The minimum atomic E-state index is -0.000463. The number of nitrogens with one attached hydrogen (secondary N) is 1. The molecule has 1 atom stereocenters. The van der Waals surface area contributed by atoms with Crippen LogP contribution in [0.4, 0.5) is 0 Å². The Kier molecular flexibility index (Phi) is 8.53. The van der Waals surface area contributed by atoms with Gasteiger partial charge < -0.3 is 15.1 Å². The quantitative estimate of drug-likeness (QED) is 0.862. The molecule has 5 nitrogen and oxygen atoms in total. The normalized spacial score (nSPS) is 17.1. The average molecular weight is 374 g/mol. The Morgan fingerprint density at radius 2 is 2.08 bits per heavy atom. The zero-order chi connectivity index (χ0) is 16.8. The second kappa shape index (κ2) is 9.87. The van der Waals surface area contributed by atoms with Gasteiger partial charge in [-0.2, -0.15) is 0 Å². The van der Waals surface area contributed by atoms with Crippen LogP contribution in [0.25, 0.3) is 0 Å². The van der Waals surface area contributed by atoms with Crippen molar-refractivity contribution < 1.29 is 9.59 Å². The first kappa shape index (κ1) is 20.7. The van der Waals surface area contributed by atoms with Crippen molar-refractivity contribution in [2.45, 2.75) is 25.3 Å². The topological polar surface area (TPSA) is 52.7 Å². The molecule has 0 bridgehead atoms. The molecule has 1 aromatic rings. The van der Waals surface area contributed by atoms with Gasteiger partial charge in [0, 0.05) is 51.6 Å². The number of benzene rings is 1. The van der Waals surface area contributed by atoms with Crippen LogP contribution in [0.5, 0.6) is 0 Å². The Morgan fingerprint density at radius 1 is 1.33 bits per heavy atom. The molecule has 1 unspecified atom stereocenters. The van der Waals surface area contributed by atoms with Gasteiger partial charge >= 0.3 is 0 Å². The van der Waals surface area contributed by atoms with Gasteiger partial charge in [-0.15, -0.1) is 12.4 Å². The Bertz CT molecular complexity index is 567. The molecule has 1 aromatic carbocycles. The molecule has 2 amide bonds.